The van der Waals surface area contributed by atoms with Crippen LogP contribution in [0.5, 0.6) is 17.2 Å². The van der Waals surface area contributed by atoms with Gasteiger partial charge in [-0.3, -0.25) is 14.3 Å². The van der Waals surface area contributed by atoms with Crippen molar-refractivity contribution >= 4 is 50.8 Å². The predicted octanol–water partition coefficient (Wildman–Crippen LogP) is 5.82. The molecule has 0 unspecified atom stereocenters. The Morgan fingerprint density at radius 1 is 0.960 bits per heavy atom. The van der Waals surface area contributed by atoms with Crippen LogP contribution >= 0.6 is 23.2 Å². The van der Waals surface area contributed by atoms with E-state index in [1.165, 1.54) is 36.4 Å². The van der Waals surface area contributed by atoms with Gasteiger partial charge in [-0.25, -0.2) is 8.42 Å². The summed E-state index contributed by atoms with van der Waals surface area (Å²) in [7, 11) is -3.60. The first-order valence-electron chi connectivity index (χ1n) is 15.7. The first-order chi connectivity index (χ1) is 23.7. The van der Waals surface area contributed by atoms with Crippen LogP contribution in [-0.4, -0.2) is 52.9 Å². The molecule has 270 valence electrons. The monoisotopic (exact) mass is 757 g/mol. The molecule has 1 amide bonds. The van der Waals surface area contributed by atoms with Crippen molar-refractivity contribution in [1.82, 2.24) is 5.32 Å². The molecule has 0 radical (unpaired) electrons. The highest BCUT2D eigenvalue weighted by atomic mass is 35.5. The molecule has 12 nitrogen and oxygen atoms in total. The van der Waals surface area contributed by atoms with Crippen LogP contribution in [0.2, 0.25) is 10.0 Å². The van der Waals surface area contributed by atoms with Gasteiger partial charge in [-0.2, -0.15) is 13.5 Å². The number of hydrogen-bond acceptors (Lipinski definition) is 9. The molecular formula is C33H35Cl2F2N3O9S. The minimum atomic E-state index is -3.60. The largest absolute Gasteiger partial charge is 0.619 e. The van der Waals surface area contributed by atoms with E-state index in [1.807, 2.05) is 0 Å². The van der Waals surface area contributed by atoms with Crippen molar-refractivity contribution in [2.75, 3.05) is 30.7 Å². The first-order valence-corrected chi connectivity index (χ1v) is 18.4. The van der Waals surface area contributed by atoms with Gasteiger partial charge in [0.1, 0.15) is 21.9 Å². The van der Waals surface area contributed by atoms with Gasteiger partial charge in [-0.1, -0.05) is 29.3 Å². The summed E-state index contributed by atoms with van der Waals surface area (Å²) in [5.74, 6) is -0.569. The van der Waals surface area contributed by atoms with Crippen molar-refractivity contribution in [3.63, 3.8) is 0 Å². The molecule has 1 heterocycles. The van der Waals surface area contributed by atoms with Crippen LogP contribution in [0.4, 0.5) is 14.5 Å². The van der Waals surface area contributed by atoms with E-state index in [0.717, 1.165) is 44.3 Å². The van der Waals surface area contributed by atoms with E-state index >= 15 is 0 Å². The molecule has 2 fully saturated rings. The van der Waals surface area contributed by atoms with Crippen LogP contribution in [0.25, 0.3) is 0 Å². The van der Waals surface area contributed by atoms with Gasteiger partial charge in [0.25, 0.3) is 5.91 Å². The molecule has 0 bridgehead atoms. The van der Waals surface area contributed by atoms with Gasteiger partial charge in [-0.15, -0.1) is 0 Å². The summed E-state index contributed by atoms with van der Waals surface area (Å²) in [6, 6.07) is 8.41. The van der Waals surface area contributed by atoms with E-state index in [2.05, 4.69) is 14.8 Å². The van der Waals surface area contributed by atoms with Gasteiger partial charge in [0.15, 0.2) is 23.9 Å². The SMILES string of the molecule is CS(=O)(=O)Nc1ccc(C(=O)NCCC(=O)O[C@@H](Cc2c(Cl)c[n+]([O-])cc2Cl)c2ccc(OC(F)F)c(OCC3CC3)c2)cc1OCC1CC1. The third-order valence-electron chi connectivity index (χ3n) is 7.77. The lowest BCUT2D eigenvalue weighted by Gasteiger charge is -2.21. The number of amides is 1. The fourth-order valence-corrected chi connectivity index (χ4v) is 5.99. The smallest absolute Gasteiger partial charge is 0.387 e. The zero-order valence-corrected chi connectivity index (χ0v) is 29.2. The Bertz CT molecular complexity index is 1800. The molecule has 50 heavy (non-hydrogen) atoms. The number of alkyl halides is 2. The Hall–Kier alpha value is -4.08. The lowest BCUT2D eigenvalue weighted by Crippen LogP contribution is -2.27. The van der Waals surface area contributed by atoms with Crippen LogP contribution in [-0.2, 0) is 26.0 Å². The lowest BCUT2D eigenvalue weighted by atomic mass is 10.0. The number of benzene rings is 2. The molecule has 2 aromatic carbocycles. The maximum absolute atomic E-state index is 13.1. The Morgan fingerprint density at radius 3 is 2.20 bits per heavy atom. The maximum Gasteiger partial charge on any atom is 0.387 e. The third-order valence-corrected chi connectivity index (χ3v) is 9.02. The highest BCUT2D eigenvalue weighted by molar-refractivity contribution is 7.92. The number of esters is 1. The van der Waals surface area contributed by atoms with E-state index in [0.29, 0.717) is 34.3 Å². The molecule has 2 saturated carbocycles. The van der Waals surface area contributed by atoms with Crippen molar-refractivity contribution in [3.8, 4) is 17.2 Å². The number of carbonyl (C=O) groups excluding carboxylic acids is 2. The van der Waals surface area contributed by atoms with Crippen LogP contribution in [0.3, 0.4) is 0 Å². The molecule has 2 N–H and O–H groups in total. The van der Waals surface area contributed by atoms with Crippen molar-refractivity contribution in [2.24, 2.45) is 11.8 Å². The predicted molar refractivity (Wildman–Crippen MR) is 179 cm³/mol. The molecule has 0 spiro atoms. The summed E-state index contributed by atoms with van der Waals surface area (Å²) in [5.41, 5.74) is 1.02. The van der Waals surface area contributed by atoms with Gasteiger partial charge < -0.3 is 29.5 Å². The maximum atomic E-state index is 13.1. The average molecular weight is 759 g/mol. The minimum absolute atomic E-state index is 0.0157. The molecule has 17 heteroatoms. The second-order valence-electron chi connectivity index (χ2n) is 12.2. The van der Waals surface area contributed by atoms with Gasteiger partial charge in [0, 0.05) is 24.1 Å². The van der Waals surface area contributed by atoms with Crippen molar-refractivity contribution in [2.45, 2.75) is 51.2 Å². The number of hydrogen-bond donors (Lipinski definition) is 2. The summed E-state index contributed by atoms with van der Waals surface area (Å²) in [5, 5.41) is 14.5. The Kier molecular flexibility index (Phi) is 12.1. The van der Waals surface area contributed by atoms with Crippen LogP contribution in [0.15, 0.2) is 48.8 Å². The quantitative estimate of drug-likeness (QED) is 0.0927. The number of nitrogens with zero attached hydrogens (tertiary/aromatic N) is 1. The zero-order chi connectivity index (χ0) is 36.0. The van der Waals surface area contributed by atoms with E-state index in [9.17, 15) is 32.0 Å². The number of nitrogens with one attached hydrogen (secondary N) is 2. The summed E-state index contributed by atoms with van der Waals surface area (Å²) >= 11 is 12.6. The van der Waals surface area contributed by atoms with Gasteiger partial charge >= 0.3 is 12.6 Å². The number of carbonyl (C=O) groups is 2. The van der Waals surface area contributed by atoms with E-state index in [4.69, 9.17) is 37.4 Å². The summed E-state index contributed by atoms with van der Waals surface area (Å²) < 4.78 is 74.7. The highest BCUT2D eigenvalue weighted by Gasteiger charge is 2.27. The van der Waals surface area contributed by atoms with Crippen LogP contribution in [0.1, 0.15) is 59.7 Å². The fraction of sp³-hybridized carbons (Fsp3) is 0.424. The third kappa shape index (κ3) is 11.2. The number of pyridine rings is 1. The highest BCUT2D eigenvalue weighted by Crippen LogP contribution is 2.38. The first kappa shape index (κ1) is 37.2. The molecule has 0 saturated heterocycles. The fourth-order valence-electron chi connectivity index (χ4n) is 4.82. The molecular weight excluding hydrogens is 723 g/mol. The number of sulfonamides is 1. The lowest BCUT2D eigenvalue weighted by molar-refractivity contribution is -0.605. The molecule has 5 rings (SSSR count). The second-order valence-corrected chi connectivity index (χ2v) is 14.7. The molecule has 3 aromatic rings. The number of ether oxygens (including phenoxy) is 4. The second kappa shape index (κ2) is 16.3. The minimum Gasteiger partial charge on any atom is -0.619 e. The summed E-state index contributed by atoms with van der Waals surface area (Å²) in [6.07, 6.45) is 5.67. The summed E-state index contributed by atoms with van der Waals surface area (Å²) in [6.45, 7) is -2.56. The molecule has 2 aliphatic carbocycles. The Balaban J connectivity index is 1.29. The number of aromatic nitrogens is 1. The van der Waals surface area contributed by atoms with Gasteiger partial charge in [0.05, 0.1) is 31.6 Å². The van der Waals surface area contributed by atoms with E-state index in [-0.39, 0.29) is 64.5 Å². The van der Waals surface area contributed by atoms with E-state index in [1.54, 1.807) is 0 Å². The van der Waals surface area contributed by atoms with Crippen molar-refractivity contribution in [3.05, 3.63) is 80.7 Å². The molecule has 0 aliphatic heterocycles. The average Bonchev–Trinajstić information content (AvgIpc) is 3.96. The number of rotatable bonds is 18. The van der Waals surface area contributed by atoms with Crippen molar-refractivity contribution in [1.29, 1.82) is 0 Å². The molecule has 2 aliphatic rings. The van der Waals surface area contributed by atoms with Gasteiger partial charge in [-0.05, 0) is 73.4 Å². The summed E-state index contributed by atoms with van der Waals surface area (Å²) in [4.78, 5) is 26.1. The van der Waals surface area contributed by atoms with Gasteiger partial charge in [0.2, 0.25) is 10.0 Å². The Morgan fingerprint density at radius 2 is 1.60 bits per heavy atom. The molecule has 1 aromatic heterocycles. The molecule has 1 atom stereocenters. The van der Waals surface area contributed by atoms with Crippen LogP contribution in [0, 0.1) is 17.0 Å². The topological polar surface area (TPSA) is 156 Å². The Labute approximate surface area is 297 Å². The van der Waals surface area contributed by atoms with Crippen molar-refractivity contribution < 1.29 is 50.5 Å². The standard InChI is InChI=1S/C33H35Cl2F2N3O9S/c1-50(44,45)39-26-8-6-22(13-29(26)46-17-19-2-3-19)32(42)38-11-10-31(41)48-28(14-23-24(34)15-40(43)16-25(23)35)21-7-9-27(49-33(36)37)30(12-21)47-18-20-4-5-20/h6-9,12-13,15-16,19-20,28,33,39H,2-5,10-11,14,17-18H2,1H3,(H,38,42)/t28-/m0/s1. The normalized spacial score (nSPS) is 14.9. The number of halogens is 4. The zero-order valence-electron chi connectivity index (χ0n) is 26.8. The number of anilines is 1. The van der Waals surface area contributed by atoms with Crippen LogP contribution < -0.4 is 29.0 Å². The van der Waals surface area contributed by atoms with E-state index < -0.39 is 34.6 Å².